The number of rotatable bonds is 7. The van der Waals surface area contributed by atoms with Gasteiger partial charge in [-0.2, -0.15) is 0 Å². The maximum atomic E-state index is 5.51. The van der Waals surface area contributed by atoms with Gasteiger partial charge in [0, 0.05) is 43.1 Å². The summed E-state index contributed by atoms with van der Waals surface area (Å²) in [7, 11) is 0. The Hall–Kier alpha value is -7.92. The standard InChI is InChI=1S/C62H45N3S/c1-62(2,3)53-39-46(41-23-11-5-12-24-41)36-52-51-35-45(40-21-9-4-10-22-40)33-34-54(51)65(59(52)53)58-49(42-25-13-6-14-26-42)37-47(38-50(58)43-27-15-7-16-28-43)56-60-57(48-31-19-20-32-55(48)66-60)64-61(63-56)44-29-17-8-18-30-44/h4-39H,1-3H3. The molecule has 0 radical (unpaired) electrons. The molecule has 0 aliphatic heterocycles. The highest BCUT2D eigenvalue weighted by Gasteiger charge is 2.28. The summed E-state index contributed by atoms with van der Waals surface area (Å²) in [4.78, 5) is 10.8. The van der Waals surface area contributed by atoms with E-state index in [1.807, 2.05) is 6.07 Å². The highest BCUT2D eigenvalue weighted by atomic mass is 32.1. The molecule has 0 amide bonds. The first-order chi connectivity index (χ1) is 32.4. The molecule has 66 heavy (non-hydrogen) atoms. The largest absolute Gasteiger partial charge is 0.308 e. The van der Waals surface area contributed by atoms with Crippen LogP contribution in [0.4, 0.5) is 0 Å². The van der Waals surface area contributed by atoms with E-state index in [-0.39, 0.29) is 5.41 Å². The number of thiophene rings is 1. The van der Waals surface area contributed by atoms with E-state index in [1.165, 1.54) is 48.8 Å². The zero-order chi connectivity index (χ0) is 44.4. The molecule has 314 valence electrons. The van der Waals surface area contributed by atoms with Crippen LogP contribution in [0, 0.1) is 0 Å². The number of hydrogen-bond acceptors (Lipinski definition) is 3. The monoisotopic (exact) mass is 863 g/mol. The summed E-state index contributed by atoms with van der Waals surface area (Å²) in [5, 5.41) is 3.59. The first-order valence-corrected chi connectivity index (χ1v) is 23.5. The van der Waals surface area contributed by atoms with Crippen LogP contribution in [0.15, 0.2) is 218 Å². The Morgan fingerprint density at radius 3 is 1.52 bits per heavy atom. The predicted molar refractivity (Wildman–Crippen MR) is 281 cm³/mol. The highest BCUT2D eigenvalue weighted by Crippen LogP contribution is 2.49. The molecule has 0 aliphatic rings. The Bertz CT molecular complexity index is 3690. The Kier molecular flexibility index (Phi) is 9.58. The highest BCUT2D eigenvalue weighted by molar-refractivity contribution is 7.26. The molecule has 9 aromatic carbocycles. The molecular weight excluding hydrogens is 819 g/mol. The molecule has 0 saturated carbocycles. The second-order valence-electron chi connectivity index (χ2n) is 18.2. The zero-order valence-corrected chi connectivity index (χ0v) is 37.9. The van der Waals surface area contributed by atoms with Gasteiger partial charge < -0.3 is 4.57 Å². The van der Waals surface area contributed by atoms with Crippen molar-refractivity contribution in [1.82, 2.24) is 14.5 Å². The second kappa shape index (κ2) is 16.0. The van der Waals surface area contributed by atoms with Crippen molar-refractivity contribution in [3.05, 3.63) is 224 Å². The first kappa shape index (κ1) is 39.7. The van der Waals surface area contributed by atoms with Gasteiger partial charge in [0.1, 0.15) is 0 Å². The van der Waals surface area contributed by atoms with Crippen molar-refractivity contribution in [1.29, 1.82) is 0 Å². The third-order valence-corrected chi connectivity index (χ3v) is 14.1. The lowest BCUT2D eigenvalue weighted by molar-refractivity contribution is 0.594. The topological polar surface area (TPSA) is 30.7 Å². The van der Waals surface area contributed by atoms with Gasteiger partial charge in [-0.25, -0.2) is 9.97 Å². The maximum absolute atomic E-state index is 5.51. The average Bonchev–Trinajstić information content (AvgIpc) is 3.91. The van der Waals surface area contributed by atoms with Crippen LogP contribution in [0.5, 0.6) is 0 Å². The van der Waals surface area contributed by atoms with Gasteiger partial charge in [-0.05, 0) is 86.8 Å². The van der Waals surface area contributed by atoms with Crippen molar-refractivity contribution in [2.75, 3.05) is 0 Å². The van der Waals surface area contributed by atoms with E-state index >= 15 is 0 Å². The SMILES string of the molecule is CC(C)(C)c1cc(-c2ccccc2)cc2c3cc(-c4ccccc4)ccc3n(-c3c(-c4ccccc4)cc(-c4nc(-c5ccccc5)nc5c4sc4ccccc45)cc3-c3ccccc3)c12. The Morgan fingerprint density at radius 1 is 0.409 bits per heavy atom. The molecule has 0 aliphatic carbocycles. The summed E-state index contributed by atoms with van der Waals surface area (Å²) in [5.41, 5.74) is 17.8. The average molecular weight is 864 g/mol. The van der Waals surface area contributed by atoms with Gasteiger partial charge in [0.15, 0.2) is 5.82 Å². The summed E-state index contributed by atoms with van der Waals surface area (Å²) in [6.45, 7) is 7.05. The summed E-state index contributed by atoms with van der Waals surface area (Å²) in [5.74, 6) is 0.717. The summed E-state index contributed by atoms with van der Waals surface area (Å²) in [6, 6.07) is 79.1. The van der Waals surface area contributed by atoms with Gasteiger partial charge in [0.2, 0.25) is 0 Å². The van der Waals surface area contributed by atoms with Crippen LogP contribution >= 0.6 is 11.3 Å². The quantitative estimate of drug-likeness (QED) is 0.160. The lowest BCUT2D eigenvalue weighted by atomic mass is 9.83. The van der Waals surface area contributed by atoms with Crippen LogP contribution in [0.25, 0.3) is 115 Å². The number of benzene rings is 9. The van der Waals surface area contributed by atoms with E-state index in [0.717, 1.165) is 65.9 Å². The molecule has 12 aromatic rings. The Labute approximate surface area is 389 Å². The molecule has 3 aromatic heterocycles. The molecule has 0 spiro atoms. The minimum Gasteiger partial charge on any atom is -0.308 e. The van der Waals surface area contributed by atoms with Crippen LogP contribution in [0.3, 0.4) is 0 Å². The first-order valence-electron chi connectivity index (χ1n) is 22.7. The van der Waals surface area contributed by atoms with E-state index in [2.05, 4.69) is 238 Å². The van der Waals surface area contributed by atoms with Crippen molar-refractivity contribution < 1.29 is 0 Å². The van der Waals surface area contributed by atoms with Crippen LogP contribution < -0.4 is 0 Å². The smallest absolute Gasteiger partial charge is 0.160 e. The molecule has 0 fully saturated rings. The minimum atomic E-state index is -0.210. The third kappa shape index (κ3) is 6.81. The number of aromatic nitrogens is 3. The number of nitrogens with zero attached hydrogens (tertiary/aromatic N) is 3. The van der Waals surface area contributed by atoms with E-state index in [0.29, 0.717) is 5.82 Å². The fourth-order valence-corrected chi connectivity index (χ4v) is 10.9. The summed E-state index contributed by atoms with van der Waals surface area (Å²) < 4.78 is 4.87. The van der Waals surface area contributed by atoms with E-state index in [9.17, 15) is 0 Å². The van der Waals surface area contributed by atoms with E-state index in [1.54, 1.807) is 11.3 Å². The van der Waals surface area contributed by atoms with E-state index < -0.39 is 0 Å². The maximum Gasteiger partial charge on any atom is 0.160 e. The van der Waals surface area contributed by atoms with Crippen molar-refractivity contribution >= 4 is 53.4 Å². The van der Waals surface area contributed by atoms with Gasteiger partial charge in [0.05, 0.1) is 32.6 Å². The third-order valence-electron chi connectivity index (χ3n) is 12.9. The number of fused-ring (bicyclic) bond motifs is 6. The van der Waals surface area contributed by atoms with Crippen molar-refractivity contribution in [3.8, 4) is 72.8 Å². The molecule has 0 saturated heterocycles. The molecule has 12 rings (SSSR count). The van der Waals surface area contributed by atoms with Crippen LogP contribution in [-0.2, 0) is 5.41 Å². The van der Waals surface area contributed by atoms with Crippen LogP contribution in [-0.4, -0.2) is 14.5 Å². The normalized spacial score (nSPS) is 11.9. The minimum absolute atomic E-state index is 0.210. The summed E-state index contributed by atoms with van der Waals surface area (Å²) >= 11 is 1.77. The molecule has 0 unspecified atom stereocenters. The predicted octanol–water partition coefficient (Wildman–Crippen LogP) is 17.2. The Morgan fingerprint density at radius 2 is 0.924 bits per heavy atom. The van der Waals surface area contributed by atoms with E-state index in [4.69, 9.17) is 9.97 Å². The zero-order valence-electron chi connectivity index (χ0n) is 37.0. The van der Waals surface area contributed by atoms with Crippen molar-refractivity contribution in [2.45, 2.75) is 26.2 Å². The van der Waals surface area contributed by atoms with Gasteiger partial charge in [0.25, 0.3) is 0 Å². The lowest BCUT2D eigenvalue weighted by Gasteiger charge is -2.26. The number of hydrogen-bond donors (Lipinski definition) is 0. The molecule has 3 heterocycles. The molecule has 0 N–H and O–H groups in total. The van der Waals surface area contributed by atoms with Gasteiger partial charge >= 0.3 is 0 Å². The molecule has 0 bridgehead atoms. The summed E-state index contributed by atoms with van der Waals surface area (Å²) in [6.07, 6.45) is 0. The van der Waals surface area contributed by atoms with Crippen LogP contribution in [0.2, 0.25) is 0 Å². The molecular formula is C62H45N3S. The van der Waals surface area contributed by atoms with Crippen molar-refractivity contribution in [3.63, 3.8) is 0 Å². The van der Waals surface area contributed by atoms with Crippen LogP contribution in [0.1, 0.15) is 26.3 Å². The molecule has 4 heteroatoms. The second-order valence-corrected chi connectivity index (χ2v) is 19.2. The van der Waals surface area contributed by atoms with Gasteiger partial charge in [-0.3, -0.25) is 0 Å². The molecule has 0 atom stereocenters. The molecule has 3 nitrogen and oxygen atoms in total. The Balaban J connectivity index is 1.25. The van der Waals surface area contributed by atoms with Gasteiger partial charge in [-0.1, -0.05) is 197 Å². The van der Waals surface area contributed by atoms with Crippen molar-refractivity contribution in [2.24, 2.45) is 0 Å². The lowest BCUT2D eigenvalue weighted by Crippen LogP contribution is -2.14. The fraction of sp³-hybridized carbons (Fsp3) is 0.0645. The van der Waals surface area contributed by atoms with Gasteiger partial charge in [-0.15, -0.1) is 11.3 Å². The fourth-order valence-electron chi connectivity index (χ4n) is 9.75.